The highest BCUT2D eigenvalue weighted by Crippen LogP contribution is 2.32. The molecule has 0 aliphatic carbocycles. The molecule has 0 heterocycles. The van der Waals surface area contributed by atoms with E-state index < -0.39 is 0 Å². The minimum absolute atomic E-state index is 0.307. The average Bonchev–Trinajstić information content (AvgIpc) is 1.79. The first kappa shape index (κ1) is 14.0. The fourth-order valence-electron chi connectivity index (χ4n) is 2.89. The van der Waals surface area contributed by atoms with E-state index in [1.165, 1.54) is 6.42 Å². The Morgan fingerprint density at radius 3 is 1.64 bits per heavy atom. The number of rotatable bonds is 4. The van der Waals surface area contributed by atoms with Crippen molar-refractivity contribution >= 4 is 0 Å². The molecule has 1 heteroatoms. The Hall–Kier alpha value is -0.0400. The van der Waals surface area contributed by atoms with Gasteiger partial charge in [-0.25, -0.2) is 0 Å². The highest BCUT2D eigenvalue weighted by atomic mass is 15.2. The molecule has 0 spiro atoms. The third-order valence-corrected chi connectivity index (χ3v) is 2.70. The van der Waals surface area contributed by atoms with Crippen molar-refractivity contribution in [3.8, 4) is 0 Å². The summed E-state index contributed by atoms with van der Waals surface area (Å²) in [5, 5.41) is 0. The fourth-order valence-corrected chi connectivity index (χ4v) is 2.89. The minimum Gasteiger partial charge on any atom is -0.296 e. The van der Waals surface area contributed by atoms with Crippen molar-refractivity contribution in [3.05, 3.63) is 0 Å². The summed E-state index contributed by atoms with van der Waals surface area (Å²) in [6.45, 7) is 19.7. The van der Waals surface area contributed by atoms with Gasteiger partial charge in [0.1, 0.15) is 0 Å². The molecule has 0 fully saturated rings. The van der Waals surface area contributed by atoms with Crippen LogP contribution in [0.2, 0.25) is 0 Å². The molecule has 1 nitrogen and oxygen atoms in total. The zero-order valence-electron chi connectivity index (χ0n) is 11.4. The summed E-state index contributed by atoms with van der Waals surface area (Å²) < 4.78 is 0. The Balaban J connectivity index is 4.57. The van der Waals surface area contributed by atoms with Crippen molar-refractivity contribution < 1.29 is 0 Å². The van der Waals surface area contributed by atoms with Crippen molar-refractivity contribution in [2.24, 2.45) is 5.41 Å². The van der Waals surface area contributed by atoms with Crippen LogP contribution in [0.4, 0.5) is 0 Å². The van der Waals surface area contributed by atoms with E-state index in [1.54, 1.807) is 0 Å². The van der Waals surface area contributed by atoms with Crippen LogP contribution in [-0.2, 0) is 0 Å². The van der Waals surface area contributed by atoms with Crippen molar-refractivity contribution in [3.63, 3.8) is 0 Å². The molecule has 0 atom stereocenters. The van der Waals surface area contributed by atoms with Gasteiger partial charge in [-0.15, -0.1) is 0 Å². The highest BCUT2D eigenvalue weighted by molar-refractivity contribution is 4.87. The van der Waals surface area contributed by atoms with Gasteiger partial charge in [0.05, 0.1) is 0 Å². The van der Waals surface area contributed by atoms with Crippen molar-refractivity contribution in [2.75, 3.05) is 6.54 Å². The maximum Gasteiger partial charge on any atom is 0.0160 e. The van der Waals surface area contributed by atoms with Gasteiger partial charge in [0.2, 0.25) is 0 Å². The van der Waals surface area contributed by atoms with E-state index in [4.69, 9.17) is 0 Å². The summed E-state index contributed by atoms with van der Waals surface area (Å²) in [4.78, 5) is 2.58. The lowest BCUT2D eigenvalue weighted by Crippen LogP contribution is -2.49. The Morgan fingerprint density at radius 2 is 1.43 bits per heavy atom. The molecule has 0 unspecified atom stereocenters. The molecule has 0 aliphatic rings. The fraction of sp³-hybridized carbons (Fsp3) is 1.00. The zero-order chi connectivity index (χ0) is 11.6. The number of nitrogens with zero attached hydrogens (tertiary/aromatic N) is 1. The van der Waals surface area contributed by atoms with Gasteiger partial charge < -0.3 is 0 Å². The summed E-state index contributed by atoms with van der Waals surface area (Å²) in [5.74, 6) is 0. The smallest absolute Gasteiger partial charge is 0.0160 e. The third kappa shape index (κ3) is 4.45. The van der Waals surface area contributed by atoms with Crippen LogP contribution in [0.15, 0.2) is 0 Å². The molecule has 0 rings (SSSR count). The van der Waals surface area contributed by atoms with Gasteiger partial charge in [-0.1, -0.05) is 27.7 Å². The molecule has 14 heavy (non-hydrogen) atoms. The van der Waals surface area contributed by atoms with Crippen molar-refractivity contribution in [1.29, 1.82) is 0 Å². The second kappa shape index (κ2) is 4.65. The van der Waals surface area contributed by atoms with Crippen LogP contribution in [-0.4, -0.2) is 23.0 Å². The molecule has 0 aromatic rings. The normalized spacial score (nSPS) is 14.1. The number of hydrogen-bond acceptors (Lipinski definition) is 1. The summed E-state index contributed by atoms with van der Waals surface area (Å²) in [7, 11) is 0. The first-order valence-corrected chi connectivity index (χ1v) is 5.87. The van der Waals surface area contributed by atoms with E-state index in [0.717, 1.165) is 6.54 Å². The van der Waals surface area contributed by atoms with Crippen LogP contribution in [0.1, 0.15) is 61.8 Å². The van der Waals surface area contributed by atoms with Gasteiger partial charge in [0.15, 0.2) is 0 Å². The second-order valence-electron chi connectivity index (χ2n) is 6.43. The molecule has 0 amide bonds. The molecule has 0 aromatic carbocycles. The van der Waals surface area contributed by atoms with Gasteiger partial charge in [-0.3, -0.25) is 4.90 Å². The zero-order valence-corrected chi connectivity index (χ0v) is 11.4. The standard InChI is InChI=1S/C13H29N/c1-9-14(11(2)3)13(7,8)10-12(4,5)6/h11H,9-10H2,1-8H3. The van der Waals surface area contributed by atoms with Gasteiger partial charge in [0, 0.05) is 11.6 Å². The summed E-state index contributed by atoms with van der Waals surface area (Å²) in [6, 6.07) is 0.636. The van der Waals surface area contributed by atoms with Crippen molar-refractivity contribution in [1.82, 2.24) is 4.90 Å². The molecule has 0 radical (unpaired) electrons. The molecule has 0 aromatic heterocycles. The van der Waals surface area contributed by atoms with Gasteiger partial charge >= 0.3 is 0 Å². The van der Waals surface area contributed by atoms with E-state index >= 15 is 0 Å². The largest absolute Gasteiger partial charge is 0.296 e. The van der Waals surface area contributed by atoms with Crippen molar-refractivity contribution in [2.45, 2.75) is 73.4 Å². The Kier molecular flexibility index (Phi) is 4.64. The van der Waals surface area contributed by atoms with Gasteiger partial charge in [-0.05, 0) is 46.1 Å². The molecule has 86 valence electrons. The van der Waals surface area contributed by atoms with Gasteiger partial charge in [0.25, 0.3) is 0 Å². The lowest BCUT2D eigenvalue weighted by molar-refractivity contribution is 0.0547. The maximum atomic E-state index is 2.58. The summed E-state index contributed by atoms with van der Waals surface area (Å²) in [6.07, 6.45) is 1.24. The highest BCUT2D eigenvalue weighted by Gasteiger charge is 2.31. The van der Waals surface area contributed by atoms with Gasteiger partial charge in [-0.2, -0.15) is 0 Å². The molecular weight excluding hydrogens is 170 g/mol. The van der Waals surface area contributed by atoms with Crippen LogP contribution in [0.25, 0.3) is 0 Å². The topological polar surface area (TPSA) is 3.24 Å². The predicted octanol–water partition coefficient (Wildman–Crippen LogP) is 3.93. The maximum absolute atomic E-state index is 2.58. The molecule has 0 aliphatic heterocycles. The van der Waals surface area contributed by atoms with E-state index in [1.807, 2.05) is 0 Å². The Morgan fingerprint density at radius 1 is 1.00 bits per heavy atom. The molecule has 0 bridgehead atoms. The summed E-state index contributed by atoms with van der Waals surface area (Å²) in [5.41, 5.74) is 0.715. The van der Waals surface area contributed by atoms with Crippen LogP contribution >= 0.6 is 0 Å². The van der Waals surface area contributed by atoms with Crippen LogP contribution in [0, 0.1) is 5.41 Å². The van der Waals surface area contributed by atoms with Crippen LogP contribution in [0.5, 0.6) is 0 Å². The predicted molar refractivity (Wildman–Crippen MR) is 65.7 cm³/mol. The molecule has 0 N–H and O–H groups in total. The minimum atomic E-state index is 0.307. The van der Waals surface area contributed by atoms with E-state index in [0.29, 0.717) is 17.0 Å². The van der Waals surface area contributed by atoms with Crippen LogP contribution in [0.3, 0.4) is 0 Å². The Bertz CT molecular complexity index is 163. The lowest BCUT2D eigenvalue weighted by Gasteiger charge is -2.44. The first-order valence-electron chi connectivity index (χ1n) is 5.87. The molecule has 0 saturated heterocycles. The van der Waals surface area contributed by atoms with E-state index in [-0.39, 0.29) is 0 Å². The number of hydrogen-bond donors (Lipinski definition) is 0. The quantitative estimate of drug-likeness (QED) is 0.663. The SMILES string of the molecule is CCN(C(C)C)C(C)(C)CC(C)(C)C. The van der Waals surface area contributed by atoms with E-state index in [2.05, 4.69) is 60.3 Å². The van der Waals surface area contributed by atoms with Crippen LogP contribution < -0.4 is 0 Å². The molecule has 0 saturated carbocycles. The Labute approximate surface area is 90.9 Å². The second-order valence-corrected chi connectivity index (χ2v) is 6.43. The van der Waals surface area contributed by atoms with E-state index in [9.17, 15) is 0 Å². The lowest BCUT2D eigenvalue weighted by atomic mass is 9.80. The first-order chi connectivity index (χ1) is 6.10. The molecular formula is C13H29N. The monoisotopic (exact) mass is 199 g/mol. The third-order valence-electron chi connectivity index (χ3n) is 2.70. The average molecular weight is 199 g/mol. The summed E-state index contributed by atoms with van der Waals surface area (Å²) >= 11 is 0.